The van der Waals surface area contributed by atoms with Crippen LogP contribution in [0, 0.1) is 0 Å². The van der Waals surface area contributed by atoms with Crippen LogP contribution in [0.25, 0.3) is 0 Å². The van der Waals surface area contributed by atoms with Crippen molar-refractivity contribution in [3.8, 4) is 11.5 Å². The number of halogens is 2. The molecular weight excluding hydrogens is 398 g/mol. The Morgan fingerprint density at radius 3 is 2.67 bits per heavy atom. The second kappa shape index (κ2) is 6.71. The lowest BCUT2D eigenvalue weighted by Crippen LogP contribution is -2.01. The first-order chi connectivity index (χ1) is 10.2. The number of hydrogen-bond donors (Lipinski definition) is 1. The van der Waals surface area contributed by atoms with Crippen molar-refractivity contribution in [3.05, 3.63) is 50.9 Å². The number of hydrogen-bond acceptors (Lipinski definition) is 3. The van der Waals surface area contributed by atoms with Crippen molar-refractivity contribution in [2.75, 3.05) is 18.5 Å². The maximum atomic E-state index is 5.75. The molecule has 0 atom stereocenters. The van der Waals surface area contributed by atoms with Gasteiger partial charge >= 0.3 is 0 Å². The van der Waals surface area contributed by atoms with Gasteiger partial charge in [-0.1, -0.05) is 12.1 Å². The number of rotatable bonds is 3. The summed E-state index contributed by atoms with van der Waals surface area (Å²) in [5.41, 5.74) is 2.21. The van der Waals surface area contributed by atoms with Crippen molar-refractivity contribution in [2.45, 2.75) is 13.0 Å². The van der Waals surface area contributed by atoms with Crippen LogP contribution in [0.2, 0.25) is 0 Å². The third kappa shape index (κ3) is 3.52. The number of anilines is 1. The highest BCUT2D eigenvalue weighted by Gasteiger charge is 2.15. The molecule has 0 bridgehead atoms. The monoisotopic (exact) mass is 411 g/mol. The summed E-state index contributed by atoms with van der Waals surface area (Å²) in [5, 5.41) is 3.41. The molecule has 3 nitrogen and oxygen atoms in total. The minimum Gasteiger partial charge on any atom is -0.490 e. The Bertz CT molecular complexity index is 646. The molecule has 1 aliphatic rings. The van der Waals surface area contributed by atoms with Crippen LogP contribution >= 0.6 is 31.9 Å². The lowest BCUT2D eigenvalue weighted by atomic mass is 10.2. The molecule has 110 valence electrons. The van der Waals surface area contributed by atoms with Crippen LogP contribution in [0.5, 0.6) is 11.5 Å². The Hall–Kier alpha value is -1.20. The number of nitrogens with one attached hydrogen (secondary N) is 1. The van der Waals surface area contributed by atoms with Crippen molar-refractivity contribution in [1.29, 1.82) is 0 Å². The van der Waals surface area contributed by atoms with Gasteiger partial charge in [0.1, 0.15) is 0 Å². The fraction of sp³-hybridized carbons (Fsp3) is 0.250. The normalized spacial score (nSPS) is 13.6. The van der Waals surface area contributed by atoms with Gasteiger partial charge in [0.2, 0.25) is 0 Å². The SMILES string of the molecule is Brc1ccccc1NCc1cc(Br)c2c(c1)OCCCO2. The van der Waals surface area contributed by atoms with Crippen LogP contribution in [0.3, 0.4) is 0 Å². The van der Waals surface area contributed by atoms with Crippen molar-refractivity contribution < 1.29 is 9.47 Å². The Morgan fingerprint density at radius 2 is 1.81 bits per heavy atom. The summed E-state index contributed by atoms with van der Waals surface area (Å²) in [6, 6.07) is 12.2. The Morgan fingerprint density at radius 1 is 1.00 bits per heavy atom. The van der Waals surface area contributed by atoms with Crippen molar-refractivity contribution in [2.24, 2.45) is 0 Å². The molecule has 0 amide bonds. The zero-order valence-corrected chi connectivity index (χ0v) is 14.5. The molecule has 2 aromatic carbocycles. The molecule has 2 aromatic rings. The van der Waals surface area contributed by atoms with Crippen molar-refractivity contribution in [3.63, 3.8) is 0 Å². The van der Waals surface area contributed by atoms with Crippen LogP contribution in [0.15, 0.2) is 45.3 Å². The minimum atomic E-state index is 0.695. The third-order valence-corrected chi connectivity index (χ3v) is 4.50. The fourth-order valence-corrected chi connectivity index (χ4v) is 3.22. The van der Waals surface area contributed by atoms with E-state index in [0.29, 0.717) is 13.2 Å². The van der Waals surface area contributed by atoms with Crippen LogP contribution in [0.4, 0.5) is 5.69 Å². The standard InChI is InChI=1S/C16H15Br2NO2/c17-12-4-1-2-5-14(12)19-10-11-8-13(18)16-15(9-11)20-6-3-7-21-16/h1-2,4-5,8-9,19H,3,6-7,10H2. The quantitative estimate of drug-likeness (QED) is 0.770. The van der Waals surface area contributed by atoms with E-state index in [-0.39, 0.29) is 0 Å². The molecule has 1 aliphatic heterocycles. The van der Waals surface area contributed by atoms with Gasteiger partial charge in [-0.3, -0.25) is 0 Å². The van der Waals surface area contributed by atoms with E-state index in [0.717, 1.165) is 44.7 Å². The molecule has 0 aliphatic carbocycles. The van der Waals surface area contributed by atoms with E-state index in [1.807, 2.05) is 30.3 Å². The molecule has 3 rings (SSSR count). The van der Waals surface area contributed by atoms with E-state index in [2.05, 4.69) is 43.2 Å². The van der Waals surface area contributed by atoms with Gasteiger partial charge in [-0.2, -0.15) is 0 Å². The molecule has 0 saturated heterocycles. The smallest absolute Gasteiger partial charge is 0.175 e. The minimum absolute atomic E-state index is 0.695. The highest BCUT2D eigenvalue weighted by molar-refractivity contribution is 9.11. The van der Waals surface area contributed by atoms with E-state index in [9.17, 15) is 0 Å². The summed E-state index contributed by atoms with van der Waals surface area (Å²) in [7, 11) is 0. The maximum Gasteiger partial charge on any atom is 0.175 e. The molecule has 0 saturated carbocycles. The van der Waals surface area contributed by atoms with E-state index in [4.69, 9.17) is 9.47 Å². The van der Waals surface area contributed by atoms with Crippen molar-refractivity contribution in [1.82, 2.24) is 0 Å². The lowest BCUT2D eigenvalue weighted by molar-refractivity contribution is 0.296. The largest absolute Gasteiger partial charge is 0.490 e. The highest BCUT2D eigenvalue weighted by atomic mass is 79.9. The lowest BCUT2D eigenvalue weighted by Gasteiger charge is -2.13. The second-order valence-corrected chi connectivity index (χ2v) is 6.50. The van der Waals surface area contributed by atoms with Gasteiger partial charge in [0.25, 0.3) is 0 Å². The second-order valence-electron chi connectivity index (χ2n) is 4.79. The fourth-order valence-electron chi connectivity index (χ4n) is 2.19. The molecule has 5 heteroatoms. The Balaban J connectivity index is 1.79. The molecular formula is C16H15Br2NO2. The zero-order valence-electron chi connectivity index (χ0n) is 11.4. The summed E-state index contributed by atoms with van der Waals surface area (Å²) >= 11 is 7.10. The molecule has 0 unspecified atom stereocenters. The van der Waals surface area contributed by atoms with Gasteiger partial charge in [-0.15, -0.1) is 0 Å². The Labute approximate surface area is 140 Å². The third-order valence-electron chi connectivity index (χ3n) is 3.22. The van der Waals surface area contributed by atoms with E-state index in [1.165, 1.54) is 0 Å². The topological polar surface area (TPSA) is 30.5 Å². The highest BCUT2D eigenvalue weighted by Crippen LogP contribution is 2.38. The van der Waals surface area contributed by atoms with Gasteiger partial charge in [-0.25, -0.2) is 0 Å². The summed E-state index contributed by atoms with van der Waals surface area (Å²) in [6.45, 7) is 2.11. The van der Waals surface area contributed by atoms with E-state index < -0.39 is 0 Å². The van der Waals surface area contributed by atoms with Gasteiger partial charge in [0.05, 0.1) is 17.7 Å². The van der Waals surface area contributed by atoms with Crippen LogP contribution in [-0.4, -0.2) is 13.2 Å². The number of fused-ring (bicyclic) bond motifs is 1. The predicted octanol–water partition coefficient (Wildman–Crippen LogP) is 4.99. The number of ether oxygens (including phenoxy) is 2. The van der Waals surface area contributed by atoms with Crippen LogP contribution < -0.4 is 14.8 Å². The van der Waals surface area contributed by atoms with Gasteiger partial charge in [0.15, 0.2) is 11.5 Å². The summed E-state index contributed by atoms with van der Waals surface area (Å²) in [4.78, 5) is 0. The maximum absolute atomic E-state index is 5.75. The van der Waals surface area contributed by atoms with Gasteiger partial charge < -0.3 is 14.8 Å². The molecule has 1 heterocycles. The predicted molar refractivity (Wildman–Crippen MR) is 91.2 cm³/mol. The van der Waals surface area contributed by atoms with Gasteiger partial charge in [-0.05, 0) is 61.7 Å². The average molecular weight is 413 g/mol. The summed E-state index contributed by atoms with van der Waals surface area (Å²) in [5.74, 6) is 1.61. The molecule has 0 radical (unpaired) electrons. The van der Waals surface area contributed by atoms with Crippen LogP contribution in [0.1, 0.15) is 12.0 Å². The number of benzene rings is 2. The first-order valence-corrected chi connectivity index (χ1v) is 8.39. The van der Waals surface area contributed by atoms with Gasteiger partial charge in [0, 0.05) is 23.1 Å². The summed E-state index contributed by atoms with van der Waals surface area (Å²) in [6.07, 6.45) is 0.908. The molecule has 0 aromatic heterocycles. The van der Waals surface area contributed by atoms with E-state index in [1.54, 1.807) is 0 Å². The summed E-state index contributed by atoms with van der Waals surface area (Å²) < 4.78 is 13.5. The number of para-hydroxylation sites is 1. The molecule has 0 fully saturated rings. The first kappa shape index (κ1) is 14.7. The zero-order chi connectivity index (χ0) is 14.7. The molecule has 21 heavy (non-hydrogen) atoms. The average Bonchev–Trinajstić information content (AvgIpc) is 2.72. The van der Waals surface area contributed by atoms with Crippen molar-refractivity contribution >= 4 is 37.5 Å². The van der Waals surface area contributed by atoms with Crippen LogP contribution in [-0.2, 0) is 6.54 Å². The molecule has 1 N–H and O–H groups in total. The Kier molecular flexibility index (Phi) is 4.70. The first-order valence-electron chi connectivity index (χ1n) is 6.80. The molecule has 0 spiro atoms. The van der Waals surface area contributed by atoms with E-state index >= 15 is 0 Å².